The van der Waals surface area contributed by atoms with Gasteiger partial charge in [0.1, 0.15) is 0 Å². The summed E-state index contributed by atoms with van der Waals surface area (Å²) < 4.78 is 28.6. The molecule has 2 aliphatic rings. The molecule has 2 fully saturated rings. The van der Waals surface area contributed by atoms with Crippen molar-refractivity contribution >= 4 is 10.2 Å². The minimum Gasteiger partial charge on any atom is -0.327 e. The monoisotopic (exact) mass is 275 g/mol. The fourth-order valence-electron chi connectivity index (χ4n) is 2.85. The highest BCUT2D eigenvalue weighted by Crippen LogP contribution is 2.24. The van der Waals surface area contributed by atoms with Crippen molar-refractivity contribution in [2.75, 3.05) is 19.6 Å². The van der Waals surface area contributed by atoms with Crippen molar-refractivity contribution in [3.05, 3.63) is 0 Å². The number of nitrogens with zero attached hydrogens (tertiary/aromatic N) is 1. The molecule has 0 amide bonds. The Morgan fingerprint density at radius 2 is 1.89 bits per heavy atom. The van der Waals surface area contributed by atoms with Gasteiger partial charge in [0.05, 0.1) is 0 Å². The summed E-state index contributed by atoms with van der Waals surface area (Å²) in [6.07, 6.45) is 5.11. The number of piperidine rings is 1. The van der Waals surface area contributed by atoms with Crippen molar-refractivity contribution in [1.82, 2.24) is 9.03 Å². The molecule has 3 N–H and O–H groups in total. The van der Waals surface area contributed by atoms with Gasteiger partial charge in [-0.05, 0) is 37.5 Å². The van der Waals surface area contributed by atoms with Crippen LogP contribution in [0.25, 0.3) is 0 Å². The number of nitrogens with two attached hydrogens (primary N) is 1. The number of nitrogens with one attached hydrogen (secondary N) is 1. The van der Waals surface area contributed by atoms with Crippen LogP contribution in [-0.4, -0.2) is 38.4 Å². The van der Waals surface area contributed by atoms with Gasteiger partial charge in [-0.1, -0.05) is 13.3 Å². The van der Waals surface area contributed by atoms with Crippen LogP contribution in [0.3, 0.4) is 0 Å². The highest BCUT2D eigenvalue weighted by atomic mass is 32.2. The molecule has 18 heavy (non-hydrogen) atoms. The number of hydrogen-bond donors (Lipinski definition) is 2. The first-order valence-electron chi connectivity index (χ1n) is 6.99. The lowest BCUT2D eigenvalue weighted by molar-refractivity contribution is 0.284. The van der Waals surface area contributed by atoms with Crippen LogP contribution in [0.15, 0.2) is 0 Å². The molecule has 6 heteroatoms. The first kappa shape index (κ1) is 14.2. The molecular weight excluding hydrogens is 250 g/mol. The summed E-state index contributed by atoms with van der Waals surface area (Å²) in [5, 5.41) is 0. The second-order valence-electron chi connectivity index (χ2n) is 5.79. The Balaban J connectivity index is 1.83. The molecule has 0 bridgehead atoms. The maximum absolute atomic E-state index is 12.1. The molecule has 1 aliphatic heterocycles. The standard InChI is InChI=1S/C12H25N3O2S/c1-10-5-7-15(8-6-10)18(16,17)14-9-11-3-2-4-12(11)13/h10-12,14H,2-9,13H2,1H3. The van der Waals surface area contributed by atoms with Crippen LogP contribution >= 0.6 is 0 Å². The van der Waals surface area contributed by atoms with E-state index in [9.17, 15) is 8.42 Å². The van der Waals surface area contributed by atoms with Crippen LogP contribution in [0.4, 0.5) is 0 Å². The summed E-state index contributed by atoms with van der Waals surface area (Å²) in [4.78, 5) is 0. The van der Waals surface area contributed by atoms with Gasteiger partial charge in [0.2, 0.25) is 0 Å². The summed E-state index contributed by atoms with van der Waals surface area (Å²) >= 11 is 0. The first-order chi connectivity index (χ1) is 8.49. The second-order valence-corrected chi connectivity index (χ2v) is 7.55. The molecule has 2 unspecified atom stereocenters. The van der Waals surface area contributed by atoms with Crippen molar-refractivity contribution < 1.29 is 8.42 Å². The van der Waals surface area contributed by atoms with Crippen molar-refractivity contribution in [3.8, 4) is 0 Å². The van der Waals surface area contributed by atoms with Crippen LogP contribution in [0.1, 0.15) is 39.0 Å². The third-order valence-corrected chi connectivity index (χ3v) is 5.90. The van der Waals surface area contributed by atoms with Crippen molar-refractivity contribution in [2.24, 2.45) is 17.6 Å². The van der Waals surface area contributed by atoms with Crippen LogP contribution in [0, 0.1) is 11.8 Å². The molecule has 0 spiro atoms. The van der Waals surface area contributed by atoms with Crippen LogP contribution in [0.2, 0.25) is 0 Å². The van der Waals surface area contributed by atoms with Gasteiger partial charge >= 0.3 is 0 Å². The van der Waals surface area contributed by atoms with Crippen molar-refractivity contribution in [1.29, 1.82) is 0 Å². The van der Waals surface area contributed by atoms with E-state index in [1.54, 1.807) is 4.31 Å². The Morgan fingerprint density at radius 1 is 1.22 bits per heavy atom. The number of rotatable bonds is 4. The Bertz CT molecular complexity index is 364. The molecule has 0 aromatic heterocycles. The molecule has 2 atom stereocenters. The van der Waals surface area contributed by atoms with Crippen LogP contribution in [-0.2, 0) is 10.2 Å². The third kappa shape index (κ3) is 3.44. The maximum atomic E-state index is 12.1. The highest BCUT2D eigenvalue weighted by Gasteiger charge is 2.29. The summed E-state index contributed by atoms with van der Waals surface area (Å²) in [7, 11) is -3.29. The van der Waals surface area contributed by atoms with E-state index in [0.29, 0.717) is 31.5 Å². The molecule has 0 aromatic rings. The summed E-state index contributed by atoms with van der Waals surface area (Å²) in [5.41, 5.74) is 5.96. The molecule has 0 aromatic carbocycles. The third-order valence-electron chi connectivity index (χ3n) is 4.33. The van der Waals surface area contributed by atoms with Gasteiger partial charge in [0.25, 0.3) is 10.2 Å². The zero-order chi connectivity index (χ0) is 13.2. The minimum absolute atomic E-state index is 0.161. The first-order valence-corrected chi connectivity index (χ1v) is 8.43. The van der Waals surface area contributed by atoms with Crippen LogP contribution in [0.5, 0.6) is 0 Å². The van der Waals surface area contributed by atoms with E-state index in [1.807, 2.05) is 0 Å². The van der Waals surface area contributed by atoms with Gasteiger partial charge in [-0.3, -0.25) is 0 Å². The van der Waals surface area contributed by atoms with Gasteiger partial charge in [0, 0.05) is 25.7 Å². The Labute approximate surface area is 110 Å². The summed E-state index contributed by atoms with van der Waals surface area (Å²) in [5.74, 6) is 0.947. The summed E-state index contributed by atoms with van der Waals surface area (Å²) in [6.45, 7) is 3.96. The highest BCUT2D eigenvalue weighted by molar-refractivity contribution is 7.87. The Hall–Kier alpha value is -0.170. The average Bonchev–Trinajstić information content (AvgIpc) is 2.73. The summed E-state index contributed by atoms with van der Waals surface area (Å²) in [6, 6.07) is 0.161. The van der Waals surface area contributed by atoms with Crippen molar-refractivity contribution in [2.45, 2.75) is 45.1 Å². The second kappa shape index (κ2) is 5.86. The van der Waals surface area contributed by atoms with E-state index in [4.69, 9.17) is 5.73 Å². The van der Waals surface area contributed by atoms with E-state index in [0.717, 1.165) is 32.1 Å². The molecule has 1 aliphatic carbocycles. The lowest BCUT2D eigenvalue weighted by Gasteiger charge is -2.30. The number of hydrogen-bond acceptors (Lipinski definition) is 3. The van der Waals surface area contributed by atoms with Crippen LogP contribution < -0.4 is 10.5 Å². The van der Waals surface area contributed by atoms with E-state index >= 15 is 0 Å². The minimum atomic E-state index is -3.29. The molecular formula is C12H25N3O2S. The lowest BCUT2D eigenvalue weighted by atomic mass is 10.0. The zero-order valence-corrected chi connectivity index (χ0v) is 12.0. The molecule has 106 valence electrons. The molecule has 2 rings (SSSR count). The fourth-order valence-corrected chi connectivity index (χ4v) is 4.15. The quantitative estimate of drug-likeness (QED) is 0.792. The average molecular weight is 275 g/mol. The fraction of sp³-hybridized carbons (Fsp3) is 1.00. The van der Waals surface area contributed by atoms with E-state index < -0.39 is 10.2 Å². The van der Waals surface area contributed by atoms with Gasteiger partial charge in [-0.2, -0.15) is 12.7 Å². The maximum Gasteiger partial charge on any atom is 0.279 e. The predicted molar refractivity (Wildman–Crippen MR) is 72.2 cm³/mol. The lowest BCUT2D eigenvalue weighted by Crippen LogP contribution is -2.47. The zero-order valence-electron chi connectivity index (χ0n) is 11.1. The van der Waals surface area contributed by atoms with Gasteiger partial charge in [-0.15, -0.1) is 0 Å². The molecule has 1 heterocycles. The Morgan fingerprint density at radius 3 is 2.44 bits per heavy atom. The SMILES string of the molecule is CC1CCN(S(=O)(=O)NCC2CCCC2N)CC1. The Kier molecular flexibility index (Phi) is 4.64. The molecule has 5 nitrogen and oxygen atoms in total. The van der Waals surface area contributed by atoms with Gasteiger partial charge in [-0.25, -0.2) is 4.72 Å². The molecule has 1 saturated carbocycles. The largest absolute Gasteiger partial charge is 0.327 e. The topological polar surface area (TPSA) is 75.4 Å². The molecule has 0 radical (unpaired) electrons. The normalized spacial score (nSPS) is 31.9. The van der Waals surface area contributed by atoms with E-state index in [-0.39, 0.29) is 6.04 Å². The smallest absolute Gasteiger partial charge is 0.279 e. The van der Waals surface area contributed by atoms with Gasteiger partial charge in [0.15, 0.2) is 0 Å². The molecule has 1 saturated heterocycles. The van der Waals surface area contributed by atoms with E-state index in [2.05, 4.69) is 11.6 Å². The predicted octanol–water partition coefficient (Wildman–Crippen LogP) is 0.680. The van der Waals surface area contributed by atoms with E-state index in [1.165, 1.54) is 0 Å². The van der Waals surface area contributed by atoms with Crippen molar-refractivity contribution in [3.63, 3.8) is 0 Å². The van der Waals surface area contributed by atoms with Gasteiger partial charge < -0.3 is 5.73 Å².